The number of aliphatic hydroxyl groups excluding tert-OH is 1. The van der Waals surface area contributed by atoms with E-state index in [1.807, 2.05) is 0 Å². The van der Waals surface area contributed by atoms with Crippen molar-refractivity contribution in [1.29, 1.82) is 0 Å². The van der Waals surface area contributed by atoms with E-state index in [-0.39, 0.29) is 0 Å². The maximum Gasteiger partial charge on any atom is 0.340 e. The molecule has 0 aromatic carbocycles. The van der Waals surface area contributed by atoms with Crippen molar-refractivity contribution in [2.45, 2.75) is 6.23 Å². The number of azide groups is 1. The van der Waals surface area contributed by atoms with E-state index >= 15 is 0 Å². The van der Waals surface area contributed by atoms with Gasteiger partial charge in [0.2, 0.25) is 6.23 Å². The van der Waals surface area contributed by atoms with Gasteiger partial charge in [-0.1, -0.05) is 5.11 Å². The van der Waals surface area contributed by atoms with Crippen molar-refractivity contribution in [1.82, 2.24) is 0 Å². The standard InChI is InChI=1S/C3H5N3O3/c1-9-3(8)2(7)5-6-4/h2,7H,1H3/t2-/m0/s1. The average Bonchev–Trinajstić information content (AvgIpc) is 1.87. The van der Waals surface area contributed by atoms with Gasteiger partial charge < -0.3 is 9.84 Å². The number of esters is 1. The average molecular weight is 131 g/mol. The molecule has 6 nitrogen and oxygen atoms in total. The van der Waals surface area contributed by atoms with E-state index in [0.29, 0.717) is 0 Å². The number of carbonyl (C=O) groups is 1. The van der Waals surface area contributed by atoms with Crippen molar-refractivity contribution in [2.24, 2.45) is 5.11 Å². The molecule has 0 heterocycles. The predicted octanol–water partition coefficient (Wildman–Crippen LogP) is -0.212. The lowest BCUT2D eigenvalue weighted by atomic mass is 10.6. The van der Waals surface area contributed by atoms with E-state index in [0.717, 1.165) is 7.11 Å². The summed E-state index contributed by atoms with van der Waals surface area (Å²) < 4.78 is 4.01. The van der Waals surface area contributed by atoms with Gasteiger partial charge in [-0.3, -0.25) is 0 Å². The van der Waals surface area contributed by atoms with Crippen LogP contribution in [0.2, 0.25) is 0 Å². The molecular weight excluding hydrogens is 126 g/mol. The minimum Gasteiger partial charge on any atom is -0.467 e. The maximum atomic E-state index is 10.2. The Bertz CT molecular complexity index is 150. The number of nitrogens with zero attached hydrogens (tertiary/aromatic N) is 3. The number of aliphatic hydroxyl groups is 1. The lowest BCUT2D eigenvalue weighted by Gasteiger charge is -1.97. The molecule has 50 valence electrons. The summed E-state index contributed by atoms with van der Waals surface area (Å²) in [6.45, 7) is 0. The molecule has 0 fully saturated rings. The molecule has 0 aromatic heterocycles. The highest BCUT2D eigenvalue weighted by Gasteiger charge is 2.11. The smallest absolute Gasteiger partial charge is 0.340 e. The lowest BCUT2D eigenvalue weighted by molar-refractivity contribution is -0.149. The van der Waals surface area contributed by atoms with E-state index in [9.17, 15) is 4.79 Å². The highest BCUT2D eigenvalue weighted by Crippen LogP contribution is 1.87. The molecule has 1 atom stereocenters. The molecule has 6 heteroatoms. The molecule has 0 aliphatic carbocycles. The molecule has 0 rings (SSSR count). The van der Waals surface area contributed by atoms with Gasteiger partial charge in [-0.15, -0.1) is 0 Å². The van der Waals surface area contributed by atoms with Crippen molar-refractivity contribution in [3.05, 3.63) is 10.4 Å². The van der Waals surface area contributed by atoms with Gasteiger partial charge in [0.1, 0.15) is 0 Å². The van der Waals surface area contributed by atoms with E-state index in [2.05, 4.69) is 14.8 Å². The number of carbonyl (C=O) groups excluding carboxylic acids is 1. The Morgan fingerprint density at radius 2 is 2.56 bits per heavy atom. The van der Waals surface area contributed by atoms with Gasteiger partial charge in [-0.05, 0) is 5.53 Å². The second-order valence-corrected chi connectivity index (χ2v) is 1.10. The van der Waals surface area contributed by atoms with Crippen LogP contribution in [-0.2, 0) is 9.53 Å². The third-order valence-corrected chi connectivity index (χ3v) is 0.573. The first-order valence-electron chi connectivity index (χ1n) is 2.02. The molecule has 0 bridgehead atoms. The summed E-state index contributed by atoms with van der Waals surface area (Å²) in [6.07, 6.45) is -1.72. The molecule has 0 saturated carbocycles. The summed E-state index contributed by atoms with van der Waals surface area (Å²) >= 11 is 0. The second kappa shape index (κ2) is 3.71. The molecular formula is C3H5N3O3. The van der Waals surface area contributed by atoms with E-state index in [1.165, 1.54) is 0 Å². The zero-order valence-corrected chi connectivity index (χ0v) is 4.68. The maximum absolute atomic E-state index is 10.2. The number of rotatable bonds is 2. The number of hydrogen-bond donors (Lipinski definition) is 1. The summed E-state index contributed by atoms with van der Waals surface area (Å²) in [4.78, 5) is 12.3. The monoisotopic (exact) mass is 131 g/mol. The van der Waals surface area contributed by atoms with Crippen LogP contribution >= 0.6 is 0 Å². The minimum absolute atomic E-state index is 0.965. The van der Waals surface area contributed by atoms with Crippen molar-refractivity contribution in [2.75, 3.05) is 7.11 Å². The number of ether oxygens (including phenoxy) is 1. The van der Waals surface area contributed by atoms with Crippen LogP contribution in [-0.4, -0.2) is 24.4 Å². The number of hydrogen-bond acceptors (Lipinski definition) is 4. The van der Waals surface area contributed by atoms with Crippen LogP contribution in [0.5, 0.6) is 0 Å². The Hall–Kier alpha value is -1.26. The SMILES string of the molecule is COC(=O)[C@H](O)N=[N+]=[N-]. The Labute approximate surface area is 50.7 Å². The molecule has 9 heavy (non-hydrogen) atoms. The molecule has 0 unspecified atom stereocenters. The summed E-state index contributed by atoms with van der Waals surface area (Å²) in [6, 6.07) is 0. The quantitative estimate of drug-likeness (QED) is 0.243. The Morgan fingerprint density at radius 1 is 2.00 bits per heavy atom. The highest BCUT2D eigenvalue weighted by molar-refractivity contribution is 5.73. The van der Waals surface area contributed by atoms with Gasteiger partial charge in [-0.2, -0.15) is 0 Å². The van der Waals surface area contributed by atoms with Gasteiger partial charge in [0.15, 0.2) is 0 Å². The molecule has 0 spiro atoms. The summed E-state index contributed by atoms with van der Waals surface area (Å²) in [5, 5.41) is 11.1. The van der Waals surface area contributed by atoms with Crippen molar-refractivity contribution in [3.8, 4) is 0 Å². The fraction of sp³-hybridized carbons (Fsp3) is 0.667. The van der Waals surface area contributed by atoms with Gasteiger partial charge in [-0.25, -0.2) is 4.79 Å². The van der Waals surface area contributed by atoms with Crippen LogP contribution in [0, 0.1) is 0 Å². The molecule has 0 aliphatic rings. The van der Waals surface area contributed by atoms with Crippen LogP contribution in [0.1, 0.15) is 0 Å². The predicted molar refractivity (Wildman–Crippen MR) is 27.2 cm³/mol. The van der Waals surface area contributed by atoms with Gasteiger partial charge in [0.05, 0.1) is 7.11 Å². The Morgan fingerprint density at radius 3 is 2.89 bits per heavy atom. The number of methoxy groups -OCH3 is 1. The Kier molecular flexibility index (Phi) is 3.19. The van der Waals surface area contributed by atoms with E-state index < -0.39 is 12.2 Å². The largest absolute Gasteiger partial charge is 0.467 e. The van der Waals surface area contributed by atoms with E-state index in [4.69, 9.17) is 10.6 Å². The fourth-order valence-electron chi connectivity index (χ4n) is 0.201. The summed E-state index contributed by atoms with van der Waals surface area (Å²) in [5.41, 5.74) is 7.67. The summed E-state index contributed by atoms with van der Waals surface area (Å²) in [5.74, 6) is -0.965. The van der Waals surface area contributed by atoms with Crippen LogP contribution in [0.4, 0.5) is 0 Å². The first-order chi connectivity index (χ1) is 4.22. The third kappa shape index (κ3) is 2.53. The molecule has 1 N–H and O–H groups in total. The highest BCUT2D eigenvalue weighted by atomic mass is 16.5. The molecule has 0 aliphatic heterocycles. The zero-order valence-electron chi connectivity index (χ0n) is 4.68. The van der Waals surface area contributed by atoms with Crippen LogP contribution in [0.15, 0.2) is 5.11 Å². The van der Waals surface area contributed by atoms with Crippen LogP contribution < -0.4 is 0 Å². The Balaban J connectivity index is 3.87. The lowest BCUT2D eigenvalue weighted by Crippen LogP contribution is -2.18. The van der Waals surface area contributed by atoms with Gasteiger partial charge in [0.25, 0.3) is 0 Å². The van der Waals surface area contributed by atoms with E-state index in [1.54, 1.807) is 0 Å². The second-order valence-electron chi connectivity index (χ2n) is 1.10. The molecule has 0 radical (unpaired) electrons. The van der Waals surface area contributed by atoms with Crippen molar-refractivity contribution < 1.29 is 14.6 Å². The first-order valence-corrected chi connectivity index (χ1v) is 2.02. The molecule has 0 saturated heterocycles. The topological polar surface area (TPSA) is 95.3 Å². The van der Waals surface area contributed by atoms with Crippen molar-refractivity contribution in [3.63, 3.8) is 0 Å². The third-order valence-electron chi connectivity index (χ3n) is 0.573. The van der Waals surface area contributed by atoms with Gasteiger partial charge >= 0.3 is 5.97 Å². The first kappa shape index (κ1) is 7.74. The fourth-order valence-corrected chi connectivity index (χ4v) is 0.201. The normalized spacial score (nSPS) is 11.3. The summed E-state index contributed by atoms with van der Waals surface area (Å²) in [7, 11) is 1.08. The van der Waals surface area contributed by atoms with Crippen molar-refractivity contribution >= 4 is 5.97 Å². The van der Waals surface area contributed by atoms with Crippen LogP contribution in [0.25, 0.3) is 10.4 Å². The molecule has 0 amide bonds. The van der Waals surface area contributed by atoms with Crippen LogP contribution in [0.3, 0.4) is 0 Å². The minimum atomic E-state index is -1.72. The zero-order chi connectivity index (χ0) is 7.28. The van der Waals surface area contributed by atoms with Gasteiger partial charge in [0, 0.05) is 4.91 Å². The molecule has 0 aromatic rings.